The van der Waals surface area contributed by atoms with Crippen LogP contribution in [0.5, 0.6) is 0 Å². The second-order valence-electron chi connectivity index (χ2n) is 6.38. The summed E-state index contributed by atoms with van der Waals surface area (Å²) >= 11 is 0. The molecule has 1 aromatic carbocycles. The fraction of sp³-hybridized carbons (Fsp3) is 0.529. The Morgan fingerprint density at radius 1 is 1.19 bits per heavy atom. The number of aliphatic carboxylic acids is 1. The highest BCUT2D eigenvalue weighted by atomic mass is 16.4. The van der Waals surface area contributed by atoms with E-state index in [0.717, 1.165) is 24.0 Å². The molecule has 1 aliphatic carbocycles. The first-order chi connectivity index (χ1) is 9.82. The lowest BCUT2D eigenvalue weighted by Gasteiger charge is -2.39. The number of nitrogens with one attached hydrogen (secondary N) is 1. The zero-order valence-electron chi connectivity index (χ0n) is 12.9. The van der Waals surface area contributed by atoms with Crippen LogP contribution < -0.4 is 5.32 Å². The van der Waals surface area contributed by atoms with Gasteiger partial charge < -0.3 is 10.4 Å². The normalized spacial score (nSPS) is 25.4. The zero-order valence-corrected chi connectivity index (χ0v) is 12.9. The first-order valence-electron chi connectivity index (χ1n) is 7.45. The molecule has 2 rings (SSSR count). The van der Waals surface area contributed by atoms with E-state index in [4.69, 9.17) is 0 Å². The Hall–Kier alpha value is -1.84. The number of carbonyl (C=O) groups excluding carboxylic acids is 1. The molecule has 1 aliphatic rings. The predicted molar refractivity (Wildman–Crippen MR) is 81.4 cm³/mol. The van der Waals surface area contributed by atoms with E-state index in [1.54, 1.807) is 0 Å². The summed E-state index contributed by atoms with van der Waals surface area (Å²) in [5.41, 5.74) is 2.00. The van der Waals surface area contributed by atoms with Gasteiger partial charge >= 0.3 is 5.97 Å². The van der Waals surface area contributed by atoms with Gasteiger partial charge in [-0.15, -0.1) is 0 Å². The Kier molecular flexibility index (Phi) is 4.35. The predicted octanol–water partition coefficient (Wildman–Crippen LogP) is 3.07. The third kappa shape index (κ3) is 3.43. The van der Waals surface area contributed by atoms with Crippen molar-refractivity contribution in [3.63, 3.8) is 0 Å². The minimum Gasteiger partial charge on any atom is -0.481 e. The molecule has 114 valence electrons. The molecule has 0 aliphatic heterocycles. The first kappa shape index (κ1) is 15.5. The fourth-order valence-corrected chi connectivity index (χ4v) is 3.32. The third-order valence-corrected chi connectivity index (χ3v) is 4.39. The second kappa shape index (κ2) is 5.88. The lowest BCUT2D eigenvalue weighted by Crippen LogP contribution is -2.55. The van der Waals surface area contributed by atoms with Crippen molar-refractivity contribution in [3.8, 4) is 0 Å². The fourth-order valence-electron chi connectivity index (χ4n) is 3.32. The van der Waals surface area contributed by atoms with Crippen molar-refractivity contribution in [1.82, 2.24) is 5.32 Å². The zero-order chi connectivity index (χ0) is 15.6. The van der Waals surface area contributed by atoms with Gasteiger partial charge in [-0.3, -0.25) is 9.59 Å². The van der Waals surface area contributed by atoms with Crippen molar-refractivity contribution in [3.05, 3.63) is 34.9 Å². The maximum absolute atomic E-state index is 12.5. The third-order valence-electron chi connectivity index (χ3n) is 4.39. The molecule has 0 heterocycles. The smallest absolute Gasteiger partial charge is 0.308 e. The van der Waals surface area contributed by atoms with Crippen molar-refractivity contribution in [1.29, 1.82) is 0 Å². The van der Waals surface area contributed by atoms with Crippen LogP contribution in [0.1, 0.15) is 54.1 Å². The Balaban J connectivity index is 2.22. The van der Waals surface area contributed by atoms with Gasteiger partial charge in [0.1, 0.15) is 0 Å². The van der Waals surface area contributed by atoms with E-state index in [0.29, 0.717) is 18.4 Å². The van der Waals surface area contributed by atoms with Crippen LogP contribution in [0.4, 0.5) is 0 Å². The van der Waals surface area contributed by atoms with E-state index in [1.165, 1.54) is 0 Å². The van der Waals surface area contributed by atoms with E-state index in [1.807, 2.05) is 39.0 Å². The van der Waals surface area contributed by atoms with Crippen molar-refractivity contribution in [2.45, 2.75) is 52.0 Å². The Morgan fingerprint density at radius 3 is 2.38 bits per heavy atom. The average molecular weight is 289 g/mol. The number of carboxylic acids is 1. The molecule has 2 atom stereocenters. The molecule has 4 heteroatoms. The van der Waals surface area contributed by atoms with Crippen LogP contribution in [0.25, 0.3) is 0 Å². The summed E-state index contributed by atoms with van der Waals surface area (Å²) in [6.45, 7) is 5.75. The average Bonchev–Trinajstić information content (AvgIpc) is 2.37. The van der Waals surface area contributed by atoms with Gasteiger partial charge in [0.05, 0.1) is 11.5 Å². The second-order valence-corrected chi connectivity index (χ2v) is 6.38. The van der Waals surface area contributed by atoms with E-state index >= 15 is 0 Å². The molecule has 0 saturated heterocycles. The van der Waals surface area contributed by atoms with Crippen LogP contribution in [0.3, 0.4) is 0 Å². The molecule has 1 aromatic rings. The lowest BCUT2D eigenvalue weighted by atomic mass is 9.73. The topological polar surface area (TPSA) is 66.4 Å². The Bertz CT molecular complexity index is 547. The van der Waals surface area contributed by atoms with E-state index in [9.17, 15) is 14.7 Å². The number of benzene rings is 1. The number of aryl methyl sites for hydroxylation is 2. The summed E-state index contributed by atoms with van der Waals surface area (Å²) in [4.78, 5) is 23.9. The summed E-state index contributed by atoms with van der Waals surface area (Å²) in [6, 6.07) is 5.69. The maximum atomic E-state index is 12.5. The summed E-state index contributed by atoms with van der Waals surface area (Å²) in [6.07, 6.45) is 3.19. The van der Waals surface area contributed by atoms with Gasteiger partial charge in [0, 0.05) is 5.56 Å². The number of amides is 1. The van der Waals surface area contributed by atoms with Crippen molar-refractivity contribution in [2.75, 3.05) is 0 Å². The molecule has 2 N–H and O–H groups in total. The summed E-state index contributed by atoms with van der Waals surface area (Å²) in [7, 11) is 0. The molecule has 0 aromatic heterocycles. The van der Waals surface area contributed by atoms with Crippen LogP contribution in [-0.2, 0) is 4.79 Å². The van der Waals surface area contributed by atoms with Gasteiger partial charge in [0.25, 0.3) is 5.91 Å². The summed E-state index contributed by atoms with van der Waals surface area (Å²) in [5, 5.41) is 12.4. The number of hydrogen-bond acceptors (Lipinski definition) is 2. The number of carboxylic acid groups (broad SMARTS) is 1. The summed E-state index contributed by atoms with van der Waals surface area (Å²) < 4.78 is 0. The molecule has 21 heavy (non-hydrogen) atoms. The van der Waals surface area contributed by atoms with Crippen molar-refractivity contribution in [2.24, 2.45) is 5.92 Å². The maximum Gasteiger partial charge on any atom is 0.308 e. The Morgan fingerprint density at radius 2 is 1.81 bits per heavy atom. The monoisotopic (exact) mass is 289 g/mol. The standard InChI is InChI=1S/C17H23NO3/c1-11-8-12(2)10-13(9-11)15(19)18-17(3)7-5-4-6-14(17)16(20)21/h8-10,14H,4-7H2,1-3H3,(H,18,19)(H,20,21). The highest BCUT2D eigenvalue weighted by Crippen LogP contribution is 2.34. The quantitative estimate of drug-likeness (QED) is 0.898. The number of hydrogen-bond donors (Lipinski definition) is 2. The van der Waals surface area contributed by atoms with Gasteiger partial charge in [-0.25, -0.2) is 0 Å². The van der Waals surface area contributed by atoms with E-state index < -0.39 is 17.4 Å². The largest absolute Gasteiger partial charge is 0.481 e. The SMILES string of the molecule is Cc1cc(C)cc(C(=O)NC2(C)CCCCC2C(=O)O)c1. The highest BCUT2D eigenvalue weighted by molar-refractivity contribution is 5.95. The molecule has 1 fully saturated rings. The van der Waals surface area contributed by atoms with Crippen LogP contribution in [0.2, 0.25) is 0 Å². The summed E-state index contributed by atoms with van der Waals surface area (Å²) in [5.74, 6) is -1.52. The molecule has 1 saturated carbocycles. The molecule has 1 amide bonds. The minimum atomic E-state index is -0.821. The van der Waals surface area contributed by atoms with Crippen LogP contribution in [0.15, 0.2) is 18.2 Å². The van der Waals surface area contributed by atoms with Crippen molar-refractivity contribution >= 4 is 11.9 Å². The van der Waals surface area contributed by atoms with Crippen LogP contribution >= 0.6 is 0 Å². The van der Waals surface area contributed by atoms with Crippen LogP contribution in [-0.4, -0.2) is 22.5 Å². The van der Waals surface area contributed by atoms with Gasteiger partial charge in [0.15, 0.2) is 0 Å². The van der Waals surface area contributed by atoms with E-state index in [2.05, 4.69) is 5.32 Å². The molecule has 0 bridgehead atoms. The molecular weight excluding hydrogens is 266 g/mol. The number of rotatable bonds is 3. The molecular formula is C17H23NO3. The molecule has 2 unspecified atom stereocenters. The molecule has 0 radical (unpaired) electrons. The van der Waals surface area contributed by atoms with Gasteiger partial charge in [-0.05, 0) is 45.7 Å². The molecule has 4 nitrogen and oxygen atoms in total. The van der Waals surface area contributed by atoms with Crippen LogP contribution in [0, 0.1) is 19.8 Å². The van der Waals surface area contributed by atoms with Gasteiger partial charge in [0.2, 0.25) is 0 Å². The lowest BCUT2D eigenvalue weighted by molar-refractivity contribution is -0.145. The van der Waals surface area contributed by atoms with E-state index in [-0.39, 0.29) is 5.91 Å². The van der Waals surface area contributed by atoms with Gasteiger partial charge in [-0.1, -0.05) is 30.0 Å². The molecule has 0 spiro atoms. The Labute approximate surface area is 125 Å². The highest BCUT2D eigenvalue weighted by Gasteiger charge is 2.42. The van der Waals surface area contributed by atoms with Crippen molar-refractivity contribution < 1.29 is 14.7 Å². The minimum absolute atomic E-state index is 0.183. The first-order valence-corrected chi connectivity index (χ1v) is 7.45. The van der Waals surface area contributed by atoms with Gasteiger partial charge in [-0.2, -0.15) is 0 Å². The number of carbonyl (C=O) groups is 2.